The molecule has 1 aromatic heterocycles. The molecule has 2 amide bonds. The first-order chi connectivity index (χ1) is 14.9. The topological polar surface area (TPSA) is 90.9 Å². The number of carbonyl (C=O) groups excluding carboxylic acids is 2. The molecule has 1 N–H and O–H groups in total. The van der Waals surface area contributed by atoms with Gasteiger partial charge in [-0.3, -0.25) is 9.69 Å². The summed E-state index contributed by atoms with van der Waals surface area (Å²) in [5.41, 5.74) is 1.80. The van der Waals surface area contributed by atoms with E-state index >= 15 is 0 Å². The molecule has 31 heavy (non-hydrogen) atoms. The van der Waals surface area contributed by atoms with Gasteiger partial charge in [0.25, 0.3) is 0 Å². The number of benzene rings is 1. The van der Waals surface area contributed by atoms with E-state index in [0.717, 1.165) is 11.5 Å². The van der Waals surface area contributed by atoms with Crippen LogP contribution in [0.2, 0.25) is 0 Å². The lowest BCUT2D eigenvalue weighted by Crippen LogP contribution is -2.47. The highest BCUT2D eigenvalue weighted by molar-refractivity contribution is 5.90. The maximum absolute atomic E-state index is 14.9. The highest BCUT2D eigenvalue weighted by Gasteiger charge is 2.33. The Morgan fingerprint density at radius 3 is 2.55 bits per heavy atom. The molecule has 4 rings (SSSR count). The molecule has 0 spiro atoms. The number of aryl methyl sites for hydroxylation is 1. The molecule has 0 saturated carbocycles. The second-order valence-corrected chi connectivity index (χ2v) is 7.70. The van der Waals surface area contributed by atoms with Crippen LogP contribution in [0.5, 0.6) is 0 Å². The van der Waals surface area contributed by atoms with Crippen molar-refractivity contribution >= 4 is 29.2 Å². The van der Waals surface area contributed by atoms with Crippen molar-refractivity contribution in [3.63, 3.8) is 0 Å². The van der Waals surface area contributed by atoms with Crippen molar-refractivity contribution in [2.45, 2.75) is 20.0 Å². The number of piperazine rings is 1. The highest BCUT2D eigenvalue weighted by Crippen LogP contribution is 2.29. The third-order valence-electron chi connectivity index (χ3n) is 5.42. The summed E-state index contributed by atoms with van der Waals surface area (Å²) in [5.74, 6) is 0.237. The fourth-order valence-corrected chi connectivity index (χ4v) is 3.75. The fraction of sp³-hybridized carbons (Fsp3) is 0.429. The maximum Gasteiger partial charge on any atom is 0.414 e. The molecule has 1 atom stereocenters. The van der Waals surface area contributed by atoms with Gasteiger partial charge in [-0.2, -0.15) is 5.10 Å². The Hall–Kier alpha value is -3.43. The van der Waals surface area contributed by atoms with E-state index in [9.17, 15) is 14.0 Å². The number of rotatable bonds is 5. The Morgan fingerprint density at radius 2 is 1.90 bits per heavy atom. The van der Waals surface area contributed by atoms with E-state index < -0.39 is 12.2 Å². The van der Waals surface area contributed by atoms with Crippen LogP contribution in [-0.4, -0.2) is 67.6 Å². The second-order valence-electron chi connectivity index (χ2n) is 7.70. The Bertz CT molecular complexity index is 962. The average molecular weight is 428 g/mol. The summed E-state index contributed by atoms with van der Waals surface area (Å²) in [6.07, 6.45) is -1.01. The molecule has 164 valence electrons. The summed E-state index contributed by atoms with van der Waals surface area (Å²) in [5, 5.41) is 10.9. The average Bonchev–Trinajstić information content (AvgIpc) is 3.13. The predicted molar refractivity (Wildman–Crippen MR) is 114 cm³/mol. The minimum Gasteiger partial charge on any atom is -0.442 e. The standard InChI is InChI=1S/C21H25FN6O3/c1-14-3-6-20(25-24-14)27-9-7-26(8-10-27)19-5-4-16(11-18(19)22)28-13-17(31-21(28)30)12-23-15(2)29/h3-6,11,17H,7-10,12-13H2,1-2H3,(H,23,29)/t17-/m0/s1. The quantitative estimate of drug-likeness (QED) is 0.775. The number of nitrogens with one attached hydrogen (secondary N) is 1. The zero-order valence-corrected chi connectivity index (χ0v) is 17.5. The summed E-state index contributed by atoms with van der Waals surface area (Å²) in [4.78, 5) is 28.7. The Morgan fingerprint density at radius 1 is 1.16 bits per heavy atom. The molecule has 3 heterocycles. The second kappa shape index (κ2) is 8.75. The van der Waals surface area contributed by atoms with Crippen molar-refractivity contribution in [1.82, 2.24) is 15.5 Å². The predicted octanol–water partition coefficient (Wildman–Crippen LogP) is 1.71. The van der Waals surface area contributed by atoms with Crippen molar-refractivity contribution < 1.29 is 18.7 Å². The van der Waals surface area contributed by atoms with Gasteiger partial charge >= 0.3 is 6.09 Å². The van der Waals surface area contributed by atoms with Gasteiger partial charge in [0.2, 0.25) is 5.91 Å². The summed E-state index contributed by atoms with van der Waals surface area (Å²) < 4.78 is 20.2. The van der Waals surface area contributed by atoms with Crippen LogP contribution in [0.1, 0.15) is 12.6 Å². The third kappa shape index (κ3) is 4.68. The van der Waals surface area contributed by atoms with Crippen LogP contribution >= 0.6 is 0 Å². The smallest absolute Gasteiger partial charge is 0.414 e. The van der Waals surface area contributed by atoms with Gasteiger partial charge in [0, 0.05) is 33.1 Å². The number of nitrogens with zero attached hydrogens (tertiary/aromatic N) is 5. The maximum atomic E-state index is 14.9. The van der Waals surface area contributed by atoms with Crippen LogP contribution in [0.4, 0.5) is 26.4 Å². The molecule has 1 aromatic carbocycles. The number of anilines is 3. The van der Waals surface area contributed by atoms with E-state index in [2.05, 4.69) is 20.4 Å². The van der Waals surface area contributed by atoms with Gasteiger partial charge in [-0.25, -0.2) is 9.18 Å². The Kier molecular flexibility index (Phi) is 5.88. The van der Waals surface area contributed by atoms with Crippen LogP contribution in [0.15, 0.2) is 30.3 Å². The molecule has 2 saturated heterocycles. The zero-order chi connectivity index (χ0) is 22.0. The molecule has 2 aliphatic rings. The lowest BCUT2D eigenvalue weighted by molar-refractivity contribution is -0.119. The number of ether oxygens (including phenoxy) is 1. The lowest BCUT2D eigenvalue weighted by atomic mass is 10.2. The van der Waals surface area contributed by atoms with E-state index in [1.54, 1.807) is 12.1 Å². The molecule has 9 nitrogen and oxygen atoms in total. The molecule has 2 fully saturated rings. The minimum atomic E-state index is -0.546. The molecule has 0 bridgehead atoms. The number of hydrogen-bond donors (Lipinski definition) is 1. The van der Waals surface area contributed by atoms with Gasteiger partial charge in [0.15, 0.2) is 5.82 Å². The van der Waals surface area contributed by atoms with E-state index in [0.29, 0.717) is 37.6 Å². The number of carbonyl (C=O) groups is 2. The molecular weight excluding hydrogens is 403 g/mol. The normalized spacial score (nSPS) is 18.9. The monoisotopic (exact) mass is 428 g/mol. The molecule has 0 aliphatic carbocycles. The molecule has 2 aliphatic heterocycles. The van der Waals surface area contributed by atoms with Gasteiger partial charge in [-0.1, -0.05) is 0 Å². The molecule has 0 unspecified atom stereocenters. The first kappa shape index (κ1) is 20.8. The molecule has 0 radical (unpaired) electrons. The van der Waals surface area contributed by atoms with Crippen molar-refractivity contribution in [2.75, 3.05) is 54.0 Å². The number of amides is 2. The zero-order valence-electron chi connectivity index (χ0n) is 17.5. The summed E-state index contributed by atoms with van der Waals surface area (Å²) in [6.45, 7) is 6.50. The van der Waals surface area contributed by atoms with Gasteiger partial charge in [-0.05, 0) is 37.3 Å². The van der Waals surface area contributed by atoms with E-state index in [1.807, 2.05) is 24.0 Å². The Balaban J connectivity index is 1.38. The number of aromatic nitrogens is 2. The SMILES string of the molecule is CC(=O)NC[C@H]1CN(c2ccc(N3CCN(c4ccc(C)nn4)CC3)c(F)c2)C(=O)O1. The van der Waals surface area contributed by atoms with Gasteiger partial charge in [0.1, 0.15) is 11.9 Å². The number of cyclic esters (lactones) is 1. The lowest BCUT2D eigenvalue weighted by Gasteiger charge is -2.36. The minimum absolute atomic E-state index is 0.195. The van der Waals surface area contributed by atoms with Gasteiger partial charge in [0.05, 0.1) is 30.2 Å². The van der Waals surface area contributed by atoms with Gasteiger partial charge in [-0.15, -0.1) is 5.10 Å². The summed E-state index contributed by atoms with van der Waals surface area (Å²) in [6, 6.07) is 8.65. The highest BCUT2D eigenvalue weighted by atomic mass is 19.1. The molecule has 10 heteroatoms. The first-order valence-electron chi connectivity index (χ1n) is 10.2. The van der Waals surface area contributed by atoms with Crippen LogP contribution in [0.25, 0.3) is 0 Å². The van der Waals surface area contributed by atoms with Crippen molar-refractivity contribution in [1.29, 1.82) is 0 Å². The number of halogens is 1. The fourth-order valence-electron chi connectivity index (χ4n) is 3.75. The van der Waals surface area contributed by atoms with Crippen molar-refractivity contribution in [3.05, 3.63) is 41.8 Å². The van der Waals surface area contributed by atoms with E-state index in [-0.39, 0.29) is 24.8 Å². The summed E-state index contributed by atoms with van der Waals surface area (Å²) in [7, 11) is 0. The van der Waals surface area contributed by atoms with Crippen molar-refractivity contribution in [2.24, 2.45) is 0 Å². The largest absolute Gasteiger partial charge is 0.442 e. The molecular formula is C21H25FN6O3. The number of hydrogen-bond acceptors (Lipinski definition) is 7. The molecule has 2 aromatic rings. The Labute approximate surface area is 179 Å². The van der Waals surface area contributed by atoms with E-state index in [1.165, 1.54) is 17.9 Å². The van der Waals surface area contributed by atoms with E-state index in [4.69, 9.17) is 4.74 Å². The third-order valence-corrected chi connectivity index (χ3v) is 5.42. The first-order valence-corrected chi connectivity index (χ1v) is 10.2. The van der Waals surface area contributed by atoms with Gasteiger partial charge < -0.3 is 19.9 Å². The summed E-state index contributed by atoms with van der Waals surface area (Å²) >= 11 is 0. The van der Waals surface area contributed by atoms with Crippen LogP contribution in [0.3, 0.4) is 0 Å². The van der Waals surface area contributed by atoms with Crippen LogP contribution < -0.4 is 20.0 Å². The van der Waals surface area contributed by atoms with Crippen molar-refractivity contribution in [3.8, 4) is 0 Å². The van der Waals surface area contributed by atoms with Crippen LogP contribution in [-0.2, 0) is 9.53 Å². The van der Waals surface area contributed by atoms with Crippen LogP contribution in [0, 0.1) is 12.7 Å².